The number of fused-ring (bicyclic) bond motifs is 5. The van der Waals surface area contributed by atoms with E-state index in [1.54, 1.807) is 11.9 Å². The van der Waals surface area contributed by atoms with Crippen LogP contribution in [0.3, 0.4) is 0 Å². The zero-order valence-electron chi connectivity index (χ0n) is 49.5. The molecule has 5 aromatic rings. The van der Waals surface area contributed by atoms with Gasteiger partial charge in [0.2, 0.25) is 17.2 Å². The maximum Gasteiger partial charge on any atom is 0.487 e. The molecule has 10 rings (SSSR count). The van der Waals surface area contributed by atoms with Crippen LogP contribution in [-0.4, -0.2) is 133 Å². The first-order chi connectivity index (χ1) is 40.6. The number of hydrogen-bond donors (Lipinski definition) is 7. The summed E-state index contributed by atoms with van der Waals surface area (Å²) in [5.41, 5.74) is 16.2. The molecule has 86 heavy (non-hydrogen) atoms. The van der Waals surface area contributed by atoms with Crippen LogP contribution in [0.25, 0.3) is 16.7 Å². The average Bonchev–Trinajstić information content (AvgIpc) is 0.888. The quantitative estimate of drug-likeness (QED) is 0.0265. The molecule has 2 aromatic heterocycles. The minimum Gasteiger partial charge on any atom is -0.756 e. The molecular weight excluding hydrogens is 1170 g/mol. The number of phosphoric ester groups is 2. The third-order valence-electron chi connectivity index (χ3n) is 17.4. The smallest absolute Gasteiger partial charge is 0.487 e. The monoisotopic (exact) mass is 1250 g/mol. The highest BCUT2D eigenvalue weighted by Crippen LogP contribution is 2.66. The number of nitrogen functional groups attached to an aromatic ring is 1. The second kappa shape index (κ2) is 24.8. The van der Waals surface area contributed by atoms with Gasteiger partial charge in [0, 0.05) is 79.3 Å². The number of carbonyl (C=O) groups is 2. The number of rotatable bonds is 23. The molecule has 6 heterocycles. The van der Waals surface area contributed by atoms with Gasteiger partial charge in [-0.25, -0.2) is 23.0 Å². The minimum absolute atomic E-state index is 0.00656. The van der Waals surface area contributed by atoms with Crippen molar-refractivity contribution in [2.75, 3.05) is 63.6 Å². The van der Waals surface area contributed by atoms with Crippen LogP contribution < -0.4 is 41.6 Å². The molecule has 8 N–H and O–H groups in total. The summed E-state index contributed by atoms with van der Waals surface area (Å²) in [5, 5.41) is 26.7. The third-order valence-corrected chi connectivity index (χ3v) is 21.6. The molecule has 28 heteroatoms. The van der Waals surface area contributed by atoms with Gasteiger partial charge in [-0.2, -0.15) is 9.29 Å². The fourth-order valence-corrected chi connectivity index (χ4v) is 17.2. The van der Waals surface area contributed by atoms with Gasteiger partial charge in [-0.1, -0.05) is 51.8 Å². The average molecular weight is 1250 g/mol. The molecule has 1 saturated heterocycles. The van der Waals surface area contributed by atoms with E-state index >= 15 is 0 Å². The Labute approximate surface area is 498 Å². The van der Waals surface area contributed by atoms with E-state index in [0.29, 0.717) is 50.3 Å². The number of phosphoric acid groups is 3. The highest BCUT2D eigenvalue weighted by molar-refractivity contribution is 7.66. The molecule has 0 bridgehead atoms. The van der Waals surface area contributed by atoms with E-state index < -0.39 is 66.8 Å². The van der Waals surface area contributed by atoms with Crippen LogP contribution in [0.1, 0.15) is 161 Å². The number of anilines is 2. The number of nitrogens with two attached hydrogens (primary N) is 1. The molecule has 4 aliphatic heterocycles. The minimum atomic E-state index is -5.89. The van der Waals surface area contributed by atoms with Crippen molar-refractivity contribution in [3.8, 4) is 0 Å². The van der Waals surface area contributed by atoms with E-state index in [9.17, 15) is 53.0 Å². The highest BCUT2D eigenvalue weighted by atomic mass is 31.3. The van der Waals surface area contributed by atoms with E-state index in [-0.39, 0.29) is 52.7 Å². The first-order valence-electron chi connectivity index (χ1n) is 29.4. The number of nitrogens with one attached hydrogen (secondary N) is 2. The number of hydrogen-bond acceptors (Lipinski definition) is 18. The van der Waals surface area contributed by atoms with Crippen molar-refractivity contribution in [1.82, 2.24) is 34.3 Å². The number of imidazole rings is 1. The van der Waals surface area contributed by atoms with E-state index in [0.717, 1.165) is 73.8 Å². The summed E-state index contributed by atoms with van der Waals surface area (Å²) >= 11 is 0. The Kier molecular flexibility index (Phi) is 18.3. The van der Waals surface area contributed by atoms with Crippen LogP contribution >= 0.6 is 23.5 Å². The predicted molar refractivity (Wildman–Crippen MR) is 318 cm³/mol. The number of aromatic amines is 1. The highest BCUT2D eigenvalue weighted by Gasteiger charge is 2.48. The van der Waals surface area contributed by atoms with Crippen LogP contribution in [0.15, 0.2) is 53.6 Å². The van der Waals surface area contributed by atoms with Crippen LogP contribution in [0.5, 0.6) is 0 Å². The Morgan fingerprint density at radius 1 is 0.965 bits per heavy atom. The number of benzene rings is 3. The number of nitrogens with zero attached hydrogens (tertiary/aromatic N) is 6. The fourth-order valence-electron chi connectivity index (χ4n) is 13.6. The lowest BCUT2D eigenvalue weighted by atomic mass is 9.64. The number of ether oxygens (including phenoxy) is 1. The molecule has 8 atom stereocenters. The van der Waals surface area contributed by atoms with Crippen molar-refractivity contribution in [1.29, 1.82) is 0 Å². The molecule has 2 amide bonds. The van der Waals surface area contributed by atoms with Crippen LogP contribution in [-0.2, 0) is 59.2 Å². The maximum atomic E-state index is 14.8. The van der Waals surface area contributed by atoms with Crippen molar-refractivity contribution in [3.05, 3.63) is 114 Å². The third kappa shape index (κ3) is 12.9. The molecule has 3 aromatic carbocycles. The van der Waals surface area contributed by atoms with Gasteiger partial charge in [0.25, 0.3) is 19.3 Å². The largest absolute Gasteiger partial charge is 0.756 e. The molecule has 0 spiro atoms. The van der Waals surface area contributed by atoms with Crippen LogP contribution in [0.4, 0.5) is 11.6 Å². The number of amides is 2. The van der Waals surface area contributed by atoms with E-state index in [1.165, 1.54) is 49.6 Å². The van der Waals surface area contributed by atoms with Crippen molar-refractivity contribution in [2.24, 2.45) is 0 Å². The number of unbranched alkanes of at least 4 members (excludes halogenated alkanes) is 3. The lowest BCUT2D eigenvalue weighted by Crippen LogP contribution is -2.50. The van der Waals surface area contributed by atoms with E-state index in [2.05, 4.69) is 113 Å². The number of aromatic nitrogens is 4. The molecule has 25 nitrogen and oxygen atoms in total. The van der Waals surface area contributed by atoms with Gasteiger partial charge in [0.15, 0.2) is 17.4 Å². The second-order valence-electron chi connectivity index (χ2n) is 24.2. The summed E-state index contributed by atoms with van der Waals surface area (Å²) in [5.74, 6) is -0.265. The number of aliphatic hydroxyl groups excluding tert-OH is 2. The van der Waals surface area contributed by atoms with Crippen molar-refractivity contribution >= 4 is 63.7 Å². The molecule has 0 saturated carbocycles. The van der Waals surface area contributed by atoms with Gasteiger partial charge in [0.1, 0.15) is 31.4 Å². The van der Waals surface area contributed by atoms with E-state index in [1.807, 2.05) is 18.2 Å². The topological polar surface area (TPSA) is 347 Å². The SMILES string of the molecule is CCN1c2cc3c(cc2C(C)CC1(C)C)C(c1ccccc1C(=O)N(C)CCCC(=O)NCCCCCCOP(=O)([O-])OP(=O)(O)OP(=O)(O)OC[C@H]1O[C@@H](n2cnc4c(=O)[nH]c(N)nc42)[C@H](O)[C@@H]1O)=c1cc2c4c(c1C3(C)C)CCC[N+]=4CCC2. The molecule has 4 unspecified atom stereocenters. The molecule has 466 valence electrons. The lowest BCUT2D eigenvalue weighted by molar-refractivity contribution is -0.218. The Bertz CT molecular complexity index is 3810. The fraction of sp³-hybridized carbons (Fsp3) is 0.552. The van der Waals surface area contributed by atoms with Gasteiger partial charge in [0.05, 0.1) is 19.5 Å². The number of carbonyl (C=O) groups excluding carboxylic acids is 2. The van der Waals surface area contributed by atoms with Gasteiger partial charge in [-0.15, -0.1) is 0 Å². The van der Waals surface area contributed by atoms with Crippen molar-refractivity contribution in [2.45, 2.75) is 154 Å². The van der Waals surface area contributed by atoms with Crippen molar-refractivity contribution in [3.63, 3.8) is 0 Å². The molecule has 5 aliphatic rings. The second-order valence-corrected chi connectivity index (χ2v) is 28.8. The normalized spacial score (nSPS) is 23.1. The zero-order valence-corrected chi connectivity index (χ0v) is 52.2. The van der Waals surface area contributed by atoms with Gasteiger partial charge >= 0.3 is 15.6 Å². The number of aliphatic hydroxyl groups is 2. The predicted octanol–water partition coefficient (Wildman–Crippen LogP) is 4.67. The van der Waals surface area contributed by atoms with Crippen molar-refractivity contribution < 1.29 is 70.6 Å². The summed E-state index contributed by atoms with van der Waals surface area (Å²) < 4.78 is 64.2. The Hall–Kier alpha value is -5.49. The summed E-state index contributed by atoms with van der Waals surface area (Å²) in [6.45, 7) is 16.3. The first-order valence-corrected chi connectivity index (χ1v) is 33.9. The Morgan fingerprint density at radius 2 is 1.70 bits per heavy atom. The Balaban J connectivity index is 0.695. The number of H-pyrrole nitrogens is 1. The standard InChI is InChI=1S/C58H78N9O16P3/c1-8-67-43-30-42-40(29-39(43)34(2)31-57(67,3)4)46(41-28-35-18-15-25-65-26-16-21-38(49(35)65)47(41)58(42,5)6)36-19-11-12-20-37(36)54(72)64(7)24-17-22-45(68)60-23-13-9-10-14-27-79-84(73,74)82-86(77,78)83-85(75,76)80-32-44-50(69)51(70)55(81-44)66-33-61-48-52(66)62-56(59)63-53(48)71/h11-12,19-20,28-30,33-34,44,50-51,55,69-70H,8-10,13-18,21-27,31-32H2,1-7H3,(H6-,59,60,62,63,68,71,73,74,75,76,77,78)/t34?,44-,50-,51-,55-/m1/s1. The Morgan fingerprint density at radius 3 is 2.45 bits per heavy atom. The molecule has 0 radical (unpaired) electrons. The molecular formula is C58H78N9O16P3. The van der Waals surface area contributed by atoms with Crippen LogP contribution in [0, 0.1) is 0 Å². The summed E-state index contributed by atoms with van der Waals surface area (Å²) in [6.07, 6.45) is 2.04. The molecule has 1 aliphatic carbocycles. The van der Waals surface area contributed by atoms with Gasteiger partial charge < -0.3 is 55.0 Å². The summed E-state index contributed by atoms with van der Waals surface area (Å²) in [6, 6.07) is 15.4. The summed E-state index contributed by atoms with van der Waals surface area (Å²) in [4.78, 5) is 86.9. The maximum absolute atomic E-state index is 14.8. The number of aryl methyl sites for hydroxylation is 1. The summed E-state index contributed by atoms with van der Waals surface area (Å²) in [7, 11) is -15.3. The first kappa shape index (κ1) is 63.5. The van der Waals surface area contributed by atoms with Gasteiger partial charge in [-0.3, -0.25) is 33.0 Å². The van der Waals surface area contributed by atoms with Gasteiger partial charge in [-0.05, 0) is 128 Å². The lowest BCUT2D eigenvalue weighted by Gasteiger charge is -2.48. The molecule has 1 fully saturated rings. The van der Waals surface area contributed by atoms with Crippen LogP contribution in [0.2, 0.25) is 0 Å². The van der Waals surface area contributed by atoms with E-state index in [4.69, 9.17) is 10.5 Å². The zero-order chi connectivity index (χ0) is 61.8.